The third kappa shape index (κ3) is 1.28. The lowest BCUT2D eigenvalue weighted by Crippen LogP contribution is -1.80. The van der Waals surface area contributed by atoms with Gasteiger partial charge in [0.1, 0.15) is 6.33 Å². The first-order valence-corrected chi connectivity index (χ1v) is 4.86. The molecule has 0 bridgehead atoms. The van der Waals surface area contributed by atoms with Gasteiger partial charge in [0.05, 0.1) is 5.52 Å². The molecule has 0 saturated heterocycles. The van der Waals surface area contributed by atoms with Gasteiger partial charge in [-0.15, -0.1) is 11.8 Å². The summed E-state index contributed by atoms with van der Waals surface area (Å²) in [5.74, 6) is 0. The van der Waals surface area contributed by atoms with Crippen LogP contribution in [0.2, 0.25) is 0 Å². The first-order chi connectivity index (χ1) is 5.90. The molecule has 3 heteroatoms. The molecule has 0 unspecified atom stereocenters. The van der Waals surface area contributed by atoms with Gasteiger partial charge in [0, 0.05) is 16.5 Å². The van der Waals surface area contributed by atoms with Crippen molar-refractivity contribution in [3.63, 3.8) is 0 Å². The van der Waals surface area contributed by atoms with Gasteiger partial charge in [0.25, 0.3) is 0 Å². The van der Waals surface area contributed by atoms with Crippen LogP contribution in [-0.2, 0) is 0 Å². The summed E-state index contributed by atoms with van der Waals surface area (Å²) in [7, 11) is 0. The fraction of sp³-hybridized carbons (Fsp3) is 0.111. The fourth-order valence-electron chi connectivity index (χ4n) is 1.08. The average molecular weight is 176 g/mol. The number of hydrogen-bond donors (Lipinski definition) is 0. The van der Waals surface area contributed by atoms with Crippen molar-refractivity contribution in [1.82, 2.24) is 9.97 Å². The maximum Gasteiger partial charge on any atom is 0.116 e. The maximum atomic E-state index is 4.17. The molecule has 0 aliphatic rings. The minimum Gasteiger partial charge on any atom is -0.244 e. The van der Waals surface area contributed by atoms with Gasteiger partial charge < -0.3 is 0 Å². The first kappa shape index (κ1) is 7.55. The molecule has 0 spiro atoms. The monoisotopic (exact) mass is 176 g/mol. The number of fused-ring (bicyclic) bond motifs is 1. The molecule has 2 rings (SSSR count). The van der Waals surface area contributed by atoms with E-state index in [0.717, 1.165) is 10.9 Å². The highest BCUT2D eigenvalue weighted by Gasteiger charge is 1.94. The maximum absolute atomic E-state index is 4.17. The minimum absolute atomic E-state index is 1.01. The SMILES string of the molecule is CSc1ccc2cncnc2c1. The highest BCUT2D eigenvalue weighted by molar-refractivity contribution is 7.98. The van der Waals surface area contributed by atoms with Crippen LogP contribution in [0, 0.1) is 0 Å². The van der Waals surface area contributed by atoms with Crippen LogP contribution in [0.3, 0.4) is 0 Å². The van der Waals surface area contributed by atoms with Crippen molar-refractivity contribution in [2.45, 2.75) is 4.90 Å². The van der Waals surface area contributed by atoms with Crippen LogP contribution in [0.25, 0.3) is 10.9 Å². The van der Waals surface area contributed by atoms with Gasteiger partial charge >= 0.3 is 0 Å². The van der Waals surface area contributed by atoms with E-state index in [2.05, 4.69) is 28.4 Å². The highest BCUT2D eigenvalue weighted by atomic mass is 32.2. The predicted octanol–water partition coefficient (Wildman–Crippen LogP) is 2.35. The highest BCUT2D eigenvalue weighted by Crippen LogP contribution is 2.19. The minimum atomic E-state index is 1.01. The lowest BCUT2D eigenvalue weighted by molar-refractivity contribution is 1.21. The van der Waals surface area contributed by atoms with Gasteiger partial charge in [0.2, 0.25) is 0 Å². The predicted molar refractivity (Wildman–Crippen MR) is 51.3 cm³/mol. The Morgan fingerprint density at radius 3 is 3.08 bits per heavy atom. The Bertz CT molecular complexity index is 400. The zero-order chi connectivity index (χ0) is 8.39. The normalized spacial score (nSPS) is 10.4. The molecule has 0 N–H and O–H groups in total. The number of aromatic nitrogens is 2. The van der Waals surface area contributed by atoms with Crippen LogP contribution < -0.4 is 0 Å². The van der Waals surface area contributed by atoms with Gasteiger partial charge in [0.15, 0.2) is 0 Å². The van der Waals surface area contributed by atoms with E-state index < -0.39 is 0 Å². The summed E-state index contributed by atoms with van der Waals surface area (Å²) >= 11 is 1.72. The second-order valence-electron chi connectivity index (χ2n) is 2.45. The number of thioether (sulfide) groups is 1. The number of nitrogens with zero attached hydrogens (tertiary/aromatic N) is 2. The molecule has 0 saturated carbocycles. The summed E-state index contributed by atoms with van der Waals surface area (Å²) in [6, 6.07) is 6.19. The Kier molecular flexibility index (Phi) is 1.96. The molecule has 0 atom stereocenters. The van der Waals surface area contributed by atoms with Crippen molar-refractivity contribution in [1.29, 1.82) is 0 Å². The zero-order valence-electron chi connectivity index (χ0n) is 6.69. The smallest absolute Gasteiger partial charge is 0.116 e. The molecule has 0 aliphatic heterocycles. The van der Waals surface area contributed by atoms with Crippen molar-refractivity contribution in [3.05, 3.63) is 30.7 Å². The van der Waals surface area contributed by atoms with Crippen LogP contribution in [0.4, 0.5) is 0 Å². The van der Waals surface area contributed by atoms with E-state index in [0.29, 0.717) is 0 Å². The topological polar surface area (TPSA) is 25.8 Å². The molecular weight excluding hydrogens is 168 g/mol. The summed E-state index contributed by atoms with van der Waals surface area (Å²) in [5, 5.41) is 1.09. The molecule has 0 aliphatic carbocycles. The van der Waals surface area contributed by atoms with E-state index in [-0.39, 0.29) is 0 Å². The zero-order valence-corrected chi connectivity index (χ0v) is 7.51. The van der Waals surface area contributed by atoms with Gasteiger partial charge in [-0.2, -0.15) is 0 Å². The number of hydrogen-bond acceptors (Lipinski definition) is 3. The molecule has 1 aromatic heterocycles. The van der Waals surface area contributed by atoms with Crippen molar-refractivity contribution < 1.29 is 0 Å². The number of rotatable bonds is 1. The summed E-state index contributed by atoms with van der Waals surface area (Å²) in [5.41, 5.74) is 1.01. The standard InChI is InChI=1S/C9H8N2S/c1-12-8-3-2-7-5-10-6-11-9(7)4-8/h2-6H,1H3. The van der Waals surface area contributed by atoms with Crippen LogP contribution in [0.5, 0.6) is 0 Å². The summed E-state index contributed by atoms with van der Waals surface area (Å²) in [6.45, 7) is 0. The van der Waals surface area contributed by atoms with Crippen LogP contribution >= 0.6 is 11.8 Å². The van der Waals surface area contributed by atoms with Gasteiger partial charge in [-0.3, -0.25) is 0 Å². The third-order valence-electron chi connectivity index (χ3n) is 1.71. The summed E-state index contributed by atoms with van der Waals surface area (Å²) < 4.78 is 0. The largest absolute Gasteiger partial charge is 0.244 e. The quantitative estimate of drug-likeness (QED) is 0.624. The Labute approximate surface area is 75.0 Å². The van der Waals surface area contributed by atoms with Crippen molar-refractivity contribution in [2.75, 3.05) is 6.26 Å². The Balaban J connectivity index is 2.67. The number of benzene rings is 1. The third-order valence-corrected chi connectivity index (χ3v) is 2.44. The van der Waals surface area contributed by atoms with E-state index in [9.17, 15) is 0 Å². The van der Waals surface area contributed by atoms with Crippen LogP contribution in [0.1, 0.15) is 0 Å². The van der Waals surface area contributed by atoms with E-state index in [4.69, 9.17) is 0 Å². The summed E-state index contributed by atoms with van der Waals surface area (Å²) in [4.78, 5) is 9.35. The molecule has 0 amide bonds. The van der Waals surface area contributed by atoms with Crippen LogP contribution in [0.15, 0.2) is 35.6 Å². The first-order valence-electron chi connectivity index (χ1n) is 3.64. The molecular formula is C9H8N2S. The van der Waals surface area contributed by atoms with Crippen molar-refractivity contribution >= 4 is 22.7 Å². The molecule has 2 nitrogen and oxygen atoms in total. The van der Waals surface area contributed by atoms with Crippen molar-refractivity contribution in [3.8, 4) is 0 Å². The average Bonchev–Trinajstić information content (AvgIpc) is 2.17. The molecule has 1 heterocycles. The van der Waals surface area contributed by atoms with Crippen molar-refractivity contribution in [2.24, 2.45) is 0 Å². The van der Waals surface area contributed by atoms with E-state index >= 15 is 0 Å². The molecule has 2 aromatic rings. The Morgan fingerprint density at radius 1 is 1.33 bits per heavy atom. The Morgan fingerprint density at radius 2 is 2.25 bits per heavy atom. The lowest BCUT2D eigenvalue weighted by atomic mass is 10.2. The fourth-order valence-corrected chi connectivity index (χ4v) is 1.51. The molecule has 0 fully saturated rings. The van der Waals surface area contributed by atoms with E-state index in [1.54, 1.807) is 18.1 Å². The lowest BCUT2D eigenvalue weighted by Gasteiger charge is -1.97. The van der Waals surface area contributed by atoms with E-state index in [1.165, 1.54) is 4.90 Å². The van der Waals surface area contributed by atoms with E-state index in [1.807, 2.05) is 12.3 Å². The second kappa shape index (κ2) is 3.11. The summed E-state index contributed by atoms with van der Waals surface area (Å²) in [6.07, 6.45) is 5.46. The Hall–Kier alpha value is -1.09. The van der Waals surface area contributed by atoms with Gasteiger partial charge in [-0.25, -0.2) is 9.97 Å². The molecule has 60 valence electrons. The second-order valence-corrected chi connectivity index (χ2v) is 3.33. The molecule has 12 heavy (non-hydrogen) atoms. The van der Waals surface area contributed by atoms with Gasteiger partial charge in [-0.1, -0.05) is 6.07 Å². The van der Waals surface area contributed by atoms with Gasteiger partial charge in [-0.05, 0) is 18.4 Å². The molecule has 0 radical (unpaired) electrons. The van der Waals surface area contributed by atoms with Crippen LogP contribution in [-0.4, -0.2) is 16.2 Å². The molecule has 1 aromatic carbocycles.